The third-order valence-electron chi connectivity index (χ3n) is 2.79. The van der Waals surface area contributed by atoms with E-state index in [9.17, 15) is 0 Å². The van der Waals surface area contributed by atoms with Crippen LogP contribution in [0.2, 0.25) is 0 Å². The first-order valence-electron chi connectivity index (χ1n) is 8.55. The highest BCUT2D eigenvalue weighted by Gasteiger charge is 2.14. The molecule has 0 fully saturated rings. The smallest absolute Gasteiger partial charge is 0.0996 e. The van der Waals surface area contributed by atoms with Gasteiger partial charge in [-0.15, -0.1) is 0 Å². The Morgan fingerprint density at radius 3 is 0.815 bits per heavy atom. The maximum Gasteiger partial charge on any atom is 0.0996 e. The maximum atomic E-state index is 8.52. The minimum absolute atomic E-state index is 0.963. The highest BCUT2D eigenvalue weighted by atomic mass is 32.3. The van der Waals surface area contributed by atoms with Crippen molar-refractivity contribution < 1.29 is 26.5 Å². The Kier molecular flexibility index (Phi) is 14.7. The second kappa shape index (κ2) is 13.0. The van der Waals surface area contributed by atoms with Gasteiger partial charge in [0.05, 0.1) is 54.4 Å². The van der Waals surface area contributed by atoms with Gasteiger partial charge in [-0.05, 0) is 50.0 Å². The van der Waals surface area contributed by atoms with E-state index in [1.807, 2.05) is 0 Å². The minimum Gasteiger partial charge on any atom is -0.759 e. The molecule has 0 bridgehead atoms. The molecule has 0 atom stereocenters. The van der Waals surface area contributed by atoms with Crippen molar-refractivity contribution in [2.45, 2.75) is 27.7 Å². The lowest BCUT2D eigenvalue weighted by Gasteiger charge is -2.30. The van der Waals surface area contributed by atoms with Crippen molar-refractivity contribution in [3.63, 3.8) is 0 Å². The summed E-state index contributed by atoms with van der Waals surface area (Å²) in [6.07, 6.45) is 0. The molecule has 27 heavy (non-hydrogen) atoms. The van der Waals surface area contributed by atoms with Gasteiger partial charge < -0.3 is 18.1 Å². The van der Waals surface area contributed by atoms with E-state index in [2.05, 4.69) is 82.2 Å². The molecule has 0 rings (SSSR count). The first kappa shape index (κ1) is 30.5. The third-order valence-corrected chi connectivity index (χ3v) is 2.79. The zero-order chi connectivity index (χ0) is 22.6. The van der Waals surface area contributed by atoms with Gasteiger partial charge in [0, 0.05) is 10.4 Å². The van der Waals surface area contributed by atoms with E-state index in [4.69, 9.17) is 17.5 Å². The van der Waals surface area contributed by atoms with Gasteiger partial charge in [-0.3, -0.25) is 8.42 Å². The fraction of sp³-hybridized carbons (Fsp3) is 0.600. The molecule has 0 saturated heterocycles. The molecule has 0 spiro atoms. The maximum absolute atomic E-state index is 8.52. The summed E-state index contributed by atoms with van der Waals surface area (Å²) >= 11 is 0. The van der Waals surface area contributed by atoms with Gasteiger partial charge in [-0.2, -0.15) is 0 Å². The average Bonchev–Trinajstić information content (AvgIpc) is 2.17. The van der Waals surface area contributed by atoms with Crippen molar-refractivity contribution in [3.8, 4) is 0 Å². The van der Waals surface area contributed by atoms with Gasteiger partial charge in [0.1, 0.15) is 0 Å². The molecule has 0 unspecified atom stereocenters. The van der Waals surface area contributed by atoms with E-state index in [-0.39, 0.29) is 0 Å². The highest BCUT2D eigenvalue weighted by Crippen LogP contribution is 2.06. The van der Waals surface area contributed by atoms with Gasteiger partial charge in [-0.1, -0.05) is 26.3 Å². The molecule has 7 heteroatoms. The van der Waals surface area contributed by atoms with Crippen molar-refractivity contribution in [2.24, 2.45) is 0 Å². The summed E-state index contributed by atoms with van der Waals surface area (Å²) in [7, 11) is 3.62. The SMILES string of the molecule is C=C(C)C[N+](C)(C)CC(=C)C.C=C(C)C[N+](C)(C)CC(=C)C.O=S(=O)([O-])[O-]. The monoisotopic (exact) mass is 404 g/mol. The Hall–Kier alpha value is -1.25. The molecule has 0 heterocycles. The van der Waals surface area contributed by atoms with Crippen LogP contribution in [0.25, 0.3) is 0 Å². The molecule has 0 aromatic heterocycles. The van der Waals surface area contributed by atoms with E-state index >= 15 is 0 Å². The van der Waals surface area contributed by atoms with Gasteiger partial charge >= 0.3 is 0 Å². The summed E-state index contributed by atoms with van der Waals surface area (Å²) in [6.45, 7) is 28.0. The number of hydrogen-bond acceptors (Lipinski definition) is 4. The second-order valence-corrected chi connectivity index (χ2v) is 9.56. The quantitative estimate of drug-likeness (QED) is 0.269. The van der Waals surface area contributed by atoms with Crippen LogP contribution in [0.15, 0.2) is 48.6 Å². The predicted octanol–water partition coefficient (Wildman–Crippen LogP) is 3.09. The molecule has 0 radical (unpaired) electrons. The van der Waals surface area contributed by atoms with Crippen molar-refractivity contribution in [3.05, 3.63) is 48.6 Å². The molecular weight excluding hydrogens is 364 g/mol. The van der Waals surface area contributed by atoms with Gasteiger partial charge in [0.2, 0.25) is 0 Å². The summed E-state index contributed by atoms with van der Waals surface area (Å²) in [6, 6.07) is 0. The molecular formula is C20H40N2O4S. The normalized spacial score (nSPS) is 11.3. The lowest BCUT2D eigenvalue weighted by atomic mass is 10.2. The number of rotatable bonds is 8. The van der Waals surface area contributed by atoms with Crippen molar-refractivity contribution in [1.82, 2.24) is 0 Å². The van der Waals surface area contributed by atoms with Crippen LogP contribution in [-0.2, 0) is 10.4 Å². The first-order chi connectivity index (χ1) is 11.7. The molecule has 0 amide bonds. The third kappa shape index (κ3) is 36.4. The standard InChI is InChI=1S/2C10H20N.H2O4S/c2*1-9(2)7-11(5,6)8-10(3)4;1-5(2,3)4/h2*1,3,7-8H2,2,4-6H3;(H2,1,2,3,4)/q2*+1;/p-2. The van der Waals surface area contributed by atoms with Crippen LogP contribution in [0.1, 0.15) is 27.7 Å². The topological polar surface area (TPSA) is 80.3 Å². The van der Waals surface area contributed by atoms with Crippen molar-refractivity contribution in [2.75, 3.05) is 54.4 Å². The van der Waals surface area contributed by atoms with E-state index in [0.29, 0.717) is 0 Å². The van der Waals surface area contributed by atoms with E-state index in [0.717, 1.165) is 35.1 Å². The van der Waals surface area contributed by atoms with E-state index in [1.165, 1.54) is 22.3 Å². The Labute approximate surface area is 167 Å². The largest absolute Gasteiger partial charge is 0.759 e. The minimum atomic E-state index is -5.17. The van der Waals surface area contributed by atoms with Crippen LogP contribution < -0.4 is 0 Å². The Bertz CT molecular complexity index is 534. The lowest BCUT2D eigenvalue weighted by molar-refractivity contribution is -0.880. The summed E-state index contributed by atoms with van der Waals surface area (Å²) in [5, 5.41) is 0. The average molecular weight is 405 g/mol. The molecule has 0 aliphatic heterocycles. The number of quaternary nitrogens is 2. The van der Waals surface area contributed by atoms with Crippen molar-refractivity contribution in [1.29, 1.82) is 0 Å². The second-order valence-electron chi connectivity index (χ2n) is 8.74. The van der Waals surface area contributed by atoms with Crippen LogP contribution >= 0.6 is 0 Å². The molecule has 0 N–H and O–H groups in total. The van der Waals surface area contributed by atoms with Crippen LogP contribution in [0.3, 0.4) is 0 Å². The van der Waals surface area contributed by atoms with Gasteiger partial charge in [-0.25, -0.2) is 0 Å². The first-order valence-corrected chi connectivity index (χ1v) is 9.88. The Balaban J connectivity index is -0.000000344. The molecule has 0 aliphatic rings. The van der Waals surface area contributed by atoms with Gasteiger partial charge in [0.15, 0.2) is 0 Å². The van der Waals surface area contributed by atoms with Gasteiger partial charge in [0.25, 0.3) is 0 Å². The molecule has 0 aromatic carbocycles. The zero-order valence-electron chi connectivity index (χ0n) is 18.6. The Morgan fingerprint density at radius 2 is 0.741 bits per heavy atom. The van der Waals surface area contributed by atoms with Crippen LogP contribution in [-0.4, -0.2) is 80.9 Å². The van der Waals surface area contributed by atoms with Crippen LogP contribution in [0, 0.1) is 0 Å². The lowest BCUT2D eigenvalue weighted by Crippen LogP contribution is -2.41. The van der Waals surface area contributed by atoms with E-state index in [1.54, 1.807) is 0 Å². The molecule has 0 aromatic rings. The molecule has 0 saturated carbocycles. The Morgan fingerprint density at radius 1 is 0.630 bits per heavy atom. The number of likely N-dealkylation sites (N-methyl/N-ethyl adjacent to an activating group) is 2. The molecule has 160 valence electrons. The predicted molar refractivity (Wildman–Crippen MR) is 113 cm³/mol. The summed E-state index contributed by atoms with van der Waals surface area (Å²) in [5.74, 6) is 0. The van der Waals surface area contributed by atoms with E-state index < -0.39 is 10.4 Å². The molecule has 0 aliphatic carbocycles. The fourth-order valence-corrected chi connectivity index (χ4v) is 3.03. The zero-order valence-corrected chi connectivity index (χ0v) is 19.4. The summed E-state index contributed by atoms with van der Waals surface area (Å²) in [4.78, 5) is 0. The number of hydrogen-bond donors (Lipinski definition) is 0. The number of nitrogens with zero attached hydrogens (tertiary/aromatic N) is 2. The summed E-state index contributed by atoms with van der Waals surface area (Å²) < 4.78 is 36.0. The van der Waals surface area contributed by atoms with Crippen LogP contribution in [0.5, 0.6) is 0 Å². The van der Waals surface area contributed by atoms with Crippen LogP contribution in [0.4, 0.5) is 0 Å². The summed E-state index contributed by atoms with van der Waals surface area (Å²) in [5.41, 5.74) is 4.93. The van der Waals surface area contributed by atoms with Crippen molar-refractivity contribution >= 4 is 10.4 Å². The highest BCUT2D eigenvalue weighted by molar-refractivity contribution is 7.79. The molecule has 6 nitrogen and oxygen atoms in total. The fourth-order valence-electron chi connectivity index (χ4n) is 3.03.